The van der Waals surface area contributed by atoms with Crippen LogP contribution >= 0.6 is 45.3 Å². The number of thiophene rings is 4. The summed E-state index contributed by atoms with van der Waals surface area (Å²) < 4.78 is 20.6. The van der Waals surface area contributed by atoms with Crippen LogP contribution in [0.3, 0.4) is 0 Å². The SMILES string of the molecule is c1ccc(-c2ccc(-n3c4ccccc4c4ccc5c6ccccc6sc5c43)cc2)cc1.c1ccc(-c2cccc(-n3c4ccccc4c4ccc5c6ccccc6sc5c43)c2)cc1.c1ccc(-n2c3ccccc3c3ccc4c5ccccc5sc4c32)cc1.c1ccc2cc(-n3c4ccccc4c4ccc5c6ccccc6sc5c43)ccc2c1. The second kappa shape index (κ2) is 28.7. The van der Waals surface area contributed by atoms with Crippen molar-refractivity contribution in [3.63, 3.8) is 0 Å². The highest BCUT2D eigenvalue weighted by molar-refractivity contribution is 7.28. The molecule has 0 aliphatic carbocycles. The predicted molar refractivity (Wildman–Crippen MR) is 523 cm³/mol. The maximum Gasteiger partial charge on any atom is 0.0719 e. The van der Waals surface area contributed by atoms with E-state index < -0.39 is 0 Å². The highest BCUT2D eigenvalue weighted by atomic mass is 32.1. The Morgan fingerprint density at radius 1 is 0.142 bits per heavy atom. The number of hydrogen-bond donors (Lipinski definition) is 0. The Hall–Kier alpha value is -14.5. The average molecular weight is 1600 g/mol. The minimum absolute atomic E-state index is 1.20. The van der Waals surface area contributed by atoms with E-state index in [1.54, 1.807) is 0 Å². The van der Waals surface area contributed by atoms with Gasteiger partial charge in [0.2, 0.25) is 0 Å². The molecule has 0 aliphatic heterocycles. The number of nitrogens with zero attached hydrogens (tertiary/aromatic N) is 4. The number of benzene rings is 19. The molecule has 0 spiro atoms. The van der Waals surface area contributed by atoms with Crippen LogP contribution in [-0.2, 0) is 0 Å². The van der Waals surface area contributed by atoms with Crippen LogP contribution in [0.25, 0.3) is 224 Å². The van der Waals surface area contributed by atoms with Gasteiger partial charge in [-0.05, 0) is 130 Å². The Morgan fingerprint density at radius 3 is 0.792 bits per heavy atom. The minimum atomic E-state index is 1.20. The van der Waals surface area contributed by atoms with Crippen LogP contribution in [0.1, 0.15) is 0 Å². The molecule has 0 radical (unpaired) electrons. The van der Waals surface area contributed by atoms with Gasteiger partial charge in [0.25, 0.3) is 0 Å². The van der Waals surface area contributed by atoms with E-state index in [9.17, 15) is 0 Å². The molecule has 0 atom stereocenters. The second-order valence-electron chi connectivity index (χ2n) is 30.9. The van der Waals surface area contributed by atoms with E-state index in [0.717, 1.165) is 0 Å². The normalized spacial score (nSPS) is 11.8. The summed E-state index contributed by atoms with van der Waals surface area (Å²) in [7, 11) is 0. The van der Waals surface area contributed by atoms with Gasteiger partial charge < -0.3 is 18.3 Å². The molecule has 8 heterocycles. The first-order chi connectivity index (χ1) is 59.6. The predicted octanol–water partition coefficient (Wildman–Crippen LogP) is 33.1. The van der Waals surface area contributed by atoms with Crippen molar-refractivity contribution in [3.05, 3.63) is 425 Å². The summed E-state index contributed by atoms with van der Waals surface area (Å²) in [6.45, 7) is 0. The van der Waals surface area contributed by atoms with Crippen molar-refractivity contribution in [1.82, 2.24) is 18.3 Å². The zero-order chi connectivity index (χ0) is 78.9. The molecule has 8 heteroatoms. The molecule has 0 saturated heterocycles. The lowest BCUT2D eigenvalue weighted by molar-refractivity contribution is 1.19. The van der Waals surface area contributed by atoms with Crippen LogP contribution in [0.2, 0.25) is 0 Å². The van der Waals surface area contributed by atoms with Crippen molar-refractivity contribution in [2.24, 2.45) is 0 Å². The summed E-state index contributed by atoms with van der Waals surface area (Å²) in [6.07, 6.45) is 0. The molecular weight excluding hydrogens is 1530 g/mol. The Bertz CT molecular complexity index is 8730. The van der Waals surface area contributed by atoms with E-state index >= 15 is 0 Å². The zero-order valence-electron chi connectivity index (χ0n) is 64.8. The van der Waals surface area contributed by atoms with Crippen molar-refractivity contribution in [2.75, 3.05) is 0 Å². The quantitative estimate of drug-likeness (QED) is 0.158. The molecule has 0 fully saturated rings. The number of fused-ring (bicyclic) bond motifs is 29. The van der Waals surface area contributed by atoms with Gasteiger partial charge in [0.05, 0.1) is 62.9 Å². The van der Waals surface area contributed by atoms with Crippen molar-refractivity contribution in [2.45, 2.75) is 0 Å². The second-order valence-corrected chi connectivity index (χ2v) is 35.1. The number of rotatable bonds is 6. The molecule has 0 saturated carbocycles. The van der Waals surface area contributed by atoms with Crippen LogP contribution in [0.15, 0.2) is 425 Å². The number of hydrogen-bond acceptors (Lipinski definition) is 4. The highest BCUT2D eigenvalue weighted by Crippen LogP contribution is 2.49. The molecule has 4 nitrogen and oxygen atoms in total. The lowest BCUT2D eigenvalue weighted by Gasteiger charge is -2.11. The van der Waals surface area contributed by atoms with Crippen LogP contribution in [0.5, 0.6) is 0 Å². The molecule has 27 rings (SSSR count). The molecule has 0 aliphatic rings. The fraction of sp³-hybridized carbons (Fsp3) is 0. The molecule has 8 aromatic heterocycles. The number of para-hydroxylation sites is 5. The van der Waals surface area contributed by atoms with Gasteiger partial charge in [-0.15, -0.1) is 45.3 Å². The van der Waals surface area contributed by atoms with Crippen molar-refractivity contribution >= 4 is 224 Å². The Morgan fingerprint density at radius 2 is 0.400 bits per heavy atom. The third-order valence-corrected chi connectivity index (χ3v) is 28.9. The van der Waals surface area contributed by atoms with E-state index in [1.807, 2.05) is 45.3 Å². The van der Waals surface area contributed by atoms with E-state index in [1.165, 1.54) is 224 Å². The average Bonchev–Trinajstić information content (AvgIpc) is 1.57. The summed E-state index contributed by atoms with van der Waals surface area (Å²) in [4.78, 5) is 0. The van der Waals surface area contributed by atoms with Gasteiger partial charge in [0.15, 0.2) is 0 Å². The molecule has 0 amide bonds. The molecular formula is C112H70N4S4. The third kappa shape index (κ3) is 11.4. The van der Waals surface area contributed by atoms with Gasteiger partial charge in [-0.3, -0.25) is 0 Å². The lowest BCUT2D eigenvalue weighted by Crippen LogP contribution is -1.94. The largest absolute Gasteiger partial charge is 0.308 e. The van der Waals surface area contributed by atoms with Gasteiger partial charge in [0.1, 0.15) is 0 Å². The highest BCUT2D eigenvalue weighted by Gasteiger charge is 2.24. The standard InChI is InChI=1S/2C30H19NS.C28H17NS.C24H15NS/c1-2-9-20(10-3-1)21-11-8-12-22(19-21)31-27-15-6-4-13-23(27)25-17-18-26-24-14-5-7-16-28(24)32-30(26)29(25)31;1-2-8-20(9-3-1)21-14-16-22(17-15-21)31-27-12-6-4-10-23(27)25-18-19-26-24-11-5-7-13-28(24)32-30(26)29(25)31;1-2-8-19-17-20(14-13-18(19)7-1)29-25-11-5-3-9-21(25)23-15-16-24-22-10-4-6-12-26(22)30-28(24)27(23)29;1-2-8-16(9-3-1)25-21-12-6-4-10-17(21)19-14-15-20-18-11-5-7-13-22(18)26-24(20)23(19)25/h2*1-19H;1-17H;1-15H. The summed E-state index contributed by atoms with van der Waals surface area (Å²) >= 11 is 7.58. The van der Waals surface area contributed by atoms with Crippen molar-refractivity contribution < 1.29 is 0 Å². The molecule has 120 heavy (non-hydrogen) atoms. The molecule has 0 unspecified atom stereocenters. The fourth-order valence-electron chi connectivity index (χ4n) is 18.8. The third-order valence-electron chi connectivity index (χ3n) is 24.2. The topological polar surface area (TPSA) is 19.7 Å². The monoisotopic (exact) mass is 1600 g/mol. The van der Waals surface area contributed by atoms with Gasteiger partial charge in [0, 0.05) is 128 Å². The van der Waals surface area contributed by atoms with Crippen molar-refractivity contribution in [1.29, 1.82) is 0 Å². The smallest absolute Gasteiger partial charge is 0.0719 e. The summed E-state index contributed by atoms with van der Waals surface area (Å²) in [5, 5.41) is 23.7. The van der Waals surface area contributed by atoms with E-state index in [4.69, 9.17) is 0 Å². The van der Waals surface area contributed by atoms with Gasteiger partial charge >= 0.3 is 0 Å². The lowest BCUT2D eigenvalue weighted by atomic mass is 10.1. The van der Waals surface area contributed by atoms with Gasteiger partial charge in [-0.2, -0.15) is 0 Å². The Balaban J connectivity index is 0.0000000911. The van der Waals surface area contributed by atoms with Crippen LogP contribution in [-0.4, -0.2) is 18.3 Å². The molecule has 0 bridgehead atoms. The van der Waals surface area contributed by atoms with Crippen molar-refractivity contribution in [3.8, 4) is 45.0 Å². The number of aromatic nitrogens is 4. The first-order valence-corrected chi connectivity index (χ1v) is 44.0. The molecule has 0 N–H and O–H groups in total. The maximum absolute atomic E-state index is 2.45. The first-order valence-electron chi connectivity index (χ1n) is 40.8. The van der Waals surface area contributed by atoms with E-state index in [2.05, 4.69) is 443 Å². The van der Waals surface area contributed by atoms with Crippen LogP contribution < -0.4 is 0 Å². The summed E-state index contributed by atoms with van der Waals surface area (Å²) in [5.74, 6) is 0. The Labute approximate surface area is 706 Å². The maximum atomic E-state index is 2.45. The van der Waals surface area contributed by atoms with Crippen LogP contribution in [0.4, 0.5) is 0 Å². The molecule has 19 aromatic carbocycles. The van der Waals surface area contributed by atoms with Gasteiger partial charge in [-0.25, -0.2) is 0 Å². The first kappa shape index (κ1) is 69.8. The molecule has 562 valence electrons. The Kier molecular flexibility index (Phi) is 16.7. The summed E-state index contributed by atoms with van der Waals surface area (Å²) in [6, 6.07) is 153. The van der Waals surface area contributed by atoms with E-state index in [0.29, 0.717) is 0 Å². The summed E-state index contributed by atoms with van der Waals surface area (Å²) in [5.41, 5.74) is 20.0. The van der Waals surface area contributed by atoms with Crippen LogP contribution in [0, 0.1) is 0 Å². The van der Waals surface area contributed by atoms with E-state index in [-0.39, 0.29) is 0 Å². The molecule has 27 aromatic rings. The zero-order valence-corrected chi connectivity index (χ0v) is 68.1. The fourth-order valence-corrected chi connectivity index (χ4v) is 23.7. The van der Waals surface area contributed by atoms with Gasteiger partial charge in [-0.1, -0.05) is 328 Å². The minimum Gasteiger partial charge on any atom is -0.308 e.